The van der Waals surface area contributed by atoms with Crippen molar-refractivity contribution in [2.45, 2.75) is 12.5 Å². The lowest BCUT2D eigenvalue weighted by Crippen LogP contribution is -2.35. The zero-order chi connectivity index (χ0) is 16.0. The van der Waals surface area contributed by atoms with Crippen LogP contribution >= 0.6 is 11.3 Å². The molecule has 0 amide bonds. The predicted molar refractivity (Wildman–Crippen MR) is 92.7 cm³/mol. The minimum Gasteiger partial charge on any atom is -0.301 e. The lowest BCUT2D eigenvalue weighted by atomic mass is 10.1. The molecule has 1 aromatic carbocycles. The highest BCUT2D eigenvalue weighted by Gasteiger charge is 2.18. The summed E-state index contributed by atoms with van der Waals surface area (Å²) in [4.78, 5) is 2.03. The Bertz CT molecular complexity index is 653. The van der Waals surface area contributed by atoms with Crippen LogP contribution in [0.3, 0.4) is 0 Å². The van der Waals surface area contributed by atoms with Crippen LogP contribution in [-0.4, -0.2) is 39.7 Å². The van der Waals surface area contributed by atoms with Crippen molar-refractivity contribution in [1.29, 1.82) is 0 Å². The molecule has 2 aromatic rings. The Balaban J connectivity index is 1.91. The normalized spacial score (nSPS) is 13.4. The maximum Gasteiger partial charge on any atom is 0.211 e. The maximum atomic E-state index is 12.2. The highest BCUT2D eigenvalue weighted by molar-refractivity contribution is 7.89. The fraction of sp³-hybridized carbons (Fsp3) is 0.375. The van der Waals surface area contributed by atoms with Gasteiger partial charge in [0.25, 0.3) is 0 Å². The van der Waals surface area contributed by atoms with E-state index >= 15 is 0 Å². The summed E-state index contributed by atoms with van der Waals surface area (Å²) in [5.74, 6) is 0.112. The number of thiophene rings is 1. The number of rotatable bonds is 8. The van der Waals surface area contributed by atoms with E-state index in [1.807, 2.05) is 60.8 Å². The average Bonchev–Trinajstić information content (AvgIpc) is 3.00. The van der Waals surface area contributed by atoms with Crippen LogP contribution in [0.4, 0.5) is 0 Å². The van der Waals surface area contributed by atoms with Crippen molar-refractivity contribution in [3.63, 3.8) is 0 Å². The van der Waals surface area contributed by atoms with Crippen LogP contribution in [0.1, 0.15) is 17.2 Å². The largest absolute Gasteiger partial charge is 0.301 e. The van der Waals surface area contributed by atoms with Crippen LogP contribution in [0.25, 0.3) is 0 Å². The molecular formula is C16H22N2O2S2. The zero-order valence-electron chi connectivity index (χ0n) is 12.9. The predicted octanol–water partition coefficient (Wildman–Crippen LogP) is 2.51. The molecule has 0 aliphatic rings. The van der Waals surface area contributed by atoms with Gasteiger partial charge in [0.15, 0.2) is 0 Å². The van der Waals surface area contributed by atoms with E-state index in [1.165, 1.54) is 0 Å². The molecule has 0 fully saturated rings. The minimum atomic E-state index is -3.27. The van der Waals surface area contributed by atoms with Crippen LogP contribution in [0, 0.1) is 0 Å². The summed E-state index contributed by atoms with van der Waals surface area (Å²) in [5.41, 5.74) is 2.18. The molecule has 2 rings (SSSR count). The molecule has 0 saturated heterocycles. The van der Waals surface area contributed by atoms with Gasteiger partial charge in [0.2, 0.25) is 10.0 Å². The van der Waals surface area contributed by atoms with E-state index in [-0.39, 0.29) is 11.8 Å². The van der Waals surface area contributed by atoms with E-state index in [1.54, 1.807) is 11.3 Å². The first-order valence-electron chi connectivity index (χ1n) is 7.18. The number of hydrogen-bond acceptors (Lipinski definition) is 4. The summed E-state index contributed by atoms with van der Waals surface area (Å²) in [7, 11) is 0.645. The fourth-order valence-electron chi connectivity index (χ4n) is 2.24. The summed E-state index contributed by atoms with van der Waals surface area (Å²) >= 11 is 1.62. The summed E-state index contributed by atoms with van der Waals surface area (Å²) in [6.07, 6.45) is 0.529. The Labute approximate surface area is 136 Å². The quantitative estimate of drug-likeness (QED) is 0.804. The Morgan fingerprint density at radius 1 is 1.18 bits per heavy atom. The molecule has 120 valence electrons. The van der Waals surface area contributed by atoms with Gasteiger partial charge in [0.1, 0.15) is 0 Å². The molecule has 0 spiro atoms. The average molecular weight is 338 g/mol. The standard InChI is InChI=1S/C16H22N2O2S2/c1-18(2)16(15-8-10-21-13-15)12-17-22(19,20)11-9-14-6-4-3-5-7-14/h3-8,10,13,16-17H,9,11-12H2,1-2H3. The lowest BCUT2D eigenvalue weighted by molar-refractivity contribution is 0.300. The van der Waals surface area contributed by atoms with E-state index < -0.39 is 10.0 Å². The van der Waals surface area contributed by atoms with Crippen molar-refractivity contribution in [1.82, 2.24) is 9.62 Å². The van der Waals surface area contributed by atoms with Crippen molar-refractivity contribution in [2.24, 2.45) is 0 Å². The van der Waals surface area contributed by atoms with Crippen molar-refractivity contribution in [3.05, 3.63) is 58.3 Å². The SMILES string of the molecule is CN(C)C(CNS(=O)(=O)CCc1ccccc1)c1ccsc1. The van der Waals surface area contributed by atoms with Gasteiger partial charge in [-0.1, -0.05) is 30.3 Å². The van der Waals surface area contributed by atoms with Crippen LogP contribution in [0.5, 0.6) is 0 Å². The van der Waals surface area contributed by atoms with Crippen LogP contribution < -0.4 is 4.72 Å². The number of hydrogen-bond donors (Lipinski definition) is 1. The molecule has 0 aliphatic heterocycles. The van der Waals surface area contributed by atoms with E-state index in [2.05, 4.69) is 10.1 Å². The monoisotopic (exact) mass is 338 g/mol. The number of sulfonamides is 1. The highest BCUT2D eigenvalue weighted by atomic mass is 32.2. The number of nitrogens with zero attached hydrogens (tertiary/aromatic N) is 1. The van der Waals surface area contributed by atoms with Crippen molar-refractivity contribution in [2.75, 3.05) is 26.4 Å². The van der Waals surface area contributed by atoms with Gasteiger partial charge in [-0.25, -0.2) is 13.1 Å². The van der Waals surface area contributed by atoms with Crippen molar-refractivity contribution >= 4 is 21.4 Å². The third-order valence-corrected chi connectivity index (χ3v) is 5.60. The highest BCUT2D eigenvalue weighted by Crippen LogP contribution is 2.20. The van der Waals surface area contributed by atoms with E-state index in [0.29, 0.717) is 13.0 Å². The summed E-state index contributed by atoms with van der Waals surface area (Å²) in [6.45, 7) is 0.390. The molecule has 22 heavy (non-hydrogen) atoms. The number of benzene rings is 1. The minimum absolute atomic E-state index is 0.0535. The molecule has 1 N–H and O–H groups in total. The Morgan fingerprint density at radius 2 is 1.91 bits per heavy atom. The van der Waals surface area contributed by atoms with Gasteiger partial charge >= 0.3 is 0 Å². The number of aryl methyl sites for hydroxylation is 1. The van der Waals surface area contributed by atoms with E-state index in [0.717, 1.165) is 11.1 Å². The van der Waals surface area contributed by atoms with Crippen molar-refractivity contribution in [3.8, 4) is 0 Å². The topological polar surface area (TPSA) is 49.4 Å². The maximum absolute atomic E-state index is 12.2. The Hall–Kier alpha value is -1.21. The van der Waals surface area contributed by atoms with Gasteiger partial charge < -0.3 is 4.90 Å². The van der Waals surface area contributed by atoms with Crippen molar-refractivity contribution < 1.29 is 8.42 Å². The number of likely N-dealkylation sites (N-methyl/N-ethyl adjacent to an activating group) is 1. The zero-order valence-corrected chi connectivity index (χ0v) is 14.5. The van der Waals surface area contributed by atoms with Crippen LogP contribution in [0.15, 0.2) is 47.2 Å². The molecule has 6 heteroatoms. The second-order valence-electron chi connectivity index (χ2n) is 5.44. The first kappa shape index (κ1) is 17.1. The summed E-state index contributed by atoms with van der Waals surface area (Å²) < 4.78 is 27.1. The van der Waals surface area contributed by atoms with Gasteiger partial charge in [-0.05, 0) is 48.5 Å². The number of nitrogens with one attached hydrogen (secondary N) is 1. The van der Waals surface area contributed by atoms with E-state index in [9.17, 15) is 8.42 Å². The van der Waals surface area contributed by atoms with Gasteiger partial charge in [-0.15, -0.1) is 0 Å². The second kappa shape index (κ2) is 7.87. The molecule has 0 bridgehead atoms. The van der Waals surface area contributed by atoms with Crippen LogP contribution in [0.2, 0.25) is 0 Å². The van der Waals surface area contributed by atoms with Gasteiger partial charge in [0.05, 0.1) is 5.75 Å². The third kappa shape index (κ3) is 5.21. The first-order valence-corrected chi connectivity index (χ1v) is 9.77. The third-order valence-electron chi connectivity index (χ3n) is 3.55. The Kier molecular flexibility index (Phi) is 6.14. The van der Waals surface area contributed by atoms with Gasteiger partial charge in [-0.2, -0.15) is 11.3 Å². The molecule has 0 saturated carbocycles. The first-order chi connectivity index (χ1) is 10.5. The summed E-state index contributed by atoms with van der Waals surface area (Å²) in [6, 6.07) is 11.8. The lowest BCUT2D eigenvalue weighted by Gasteiger charge is -2.24. The molecule has 4 nitrogen and oxygen atoms in total. The molecule has 1 atom stereocenters. The van der Waals surface area contributed by atoms with Gasteiger partial charge in [-0.3, -0.25) is 0 Å². The van der Waals surface area contributed by atoms with E-state index in [4.69, 9.17) is 0 Å². The molecule has 1 unspecified atom stereocenters. The Morgan fingerprint density at radius 3 is 2.50 bits per heavy atom. The molecular weight excluding hydrogens is 316 g/mol. The van der Waals surface area contributed by atoms with Gasteiger partial charge in [0, 0.05) is 12.6 Å². The smallest absolute Gasteiger partial charge is 0.211 e. The molecule has 0 aliphatic carbocycles. The molecule has 0 radical (unpaired) electrons. The van der Waals surface area contributed by atoms with Crippen LogP contribution in [-0.2, 0) is 16.4 Å². The second-order valence-corrected chi connectivity index (χ2v) is 8.15. The molecule has 1 aromatic heterocycles. The fourth-order valence-corrected chi connectivity index (χ4v) is 4.01. The molecule has 1 heterocycles. The summed E-state index contributed by atoms with van der Waals surface area (Å²) in [5, 5.41) is 4.07.